The van der Waals surface area contributed by atoms with E-state index in [1.807, 2.05) is 0 Å². The zero-order valence-corrected chi connectivity index (χ0v) is 9.12. The van der Waals surface area contributed by atoms with Crippen molar-refractivity contribution in [1.29, 1.82) is 0 Å². The first-order chi connectivity index (χ1) is 6.76. The normalized spacial score (nSPS) is 25.6. The third-order valence-electron chi connectivity index (χ3n) is 2.54. The molecule has 2 atom stereocenters. The van der Waals surface area contributed by atoms with Gasteiger partial charge in [-0.25, -0.2) is 0 Å². The molecule has 1 heterocycles. The number of hydrogen-bond donors (Lipinski definition) is 1. The van der Waals surface area contributed by atoms with Crippen molar-refractivity contribution < 1.29 is 4.74 Å². The summed E-state index contributed by atoms with van der Waals surface area (Å²) in [5.74, 6) is 2.72. The van der Waals surface area contributed by atoms with Crippen LogP contribution in [-0.2, 0) is 4.74 Å². The van der Waals surface area contributed by atoms with E-state index in [-0.39, 0.29) is 12.1 Å². The summed E-state index contributed by atoms with van der Waals surface area (Å²) < 4.78 is 5.61. The molecule has 0 amide bonds. The highest BCUT2D eigenvalue weighted by molar-refractivity contribution is 4.98. The van der Waals surface area contributed by atoms with Crippen molar-refractivity contribution in [3.63, 3.8) is 0 Å². The summed E-state index contributed by atoms with van der Waals surface area (Å²) in [7, 11) is 2.12. The number of hydrogen-bond acceptors (Lipinski definition) is 3. The molecule has 14 heavy (non-hydrogen) atoms. The van der Waals surface area contributed by atoms with Crippen molar-refractivity contribution >= 4 is 0 Å². The van der Waals surface area contributed by atoms with Gasteiger partial charge in [-0.1, -0.05) is 12.8 Å². The summed E-state index contributed by atoms with van der Waals surface area (Å²) in [6.07, 6.45) is 6.62. The third-order valence-corrected chi connectivity index (χ3v) is 2.54. The van der Waals surface area contributed by atoms with E-state index in [0.29, 0.717) is 0 Å². The van der Waals surface area contributed by atoms with Crippen LogP contribution in [0.25, 0.3) is 0 Å². The first kappa shape index (κ1) is 11.5. The van der Waals surface area contributed by atoms with Gasteiger partial charge >= 0.3 is 0 Å². The topological polar surface area (TPSA) is 24.5 Å². The predicted molar refractivity (Wildman–Crippen MR) is 58.2 cm³/mol. The van der Waals surface area contributed by atoms with Crippen LogP contribution >= 0.6 is 0 Å². The largest absolute Gasteiger partial charge is 0.374 e. The molecule has 0 aromatic rings. The Morgan fingerprint density at radius 3 is 3.07 bits per heavy atom. The van der Waals surface area contributed by atoms with Crippen LogP contribution in [0, 0.1) is 12.3 Å². The highest BCUT2D eigenvalue weighted by Gasteiger charge is 2.17. The Balaban J connectivity index is 2.20. The molecule has 0 aromatic carbocycles. The molecule has 3 nitrogen and oxygen atoms in total. The molecule has 1 fully saturated rings. The molecule has 3 heteroatoms. The zero-order chi connectivity index (χ0) is 10.4. The van der Waals surface area contributed by atoms with Crippen LogP contribution in [0.1, 0.15) is 13.3 Å². The fraction of sp³-hybridized carbons (Fsp3) is 0.818. The van der Waals surface area contributed by atoms with Crippen molar-refractivity contribution in [2.75, 3.05) is 33.3 Å². The van der Waals surface area contributed by atoms with Crippen LogP contribution in [0.3, 0.4) is 0 Å². The van der Waals surface area contributed by atoms with Crippen LogP contribution in [0.5, 0.6) is 0 Å². The van der Waals surface area contributed by atoms with Crippen LogP contribution in [0.4, 0.5) is 0 Å². The maximum absolute atomic E-state index is 5.61. The number of nitrogens with one attached hydrogen (secondary N) is 1. The molecule has 0 bridgehead atoms. The van der Waals surface area contributed by atoms with Gasteiger partial charge in [0, 0.05) is 19.6 Å². The average Bonchev–Trinajstić information content (AvgIpc) is 2.19. The quantitative estimate of drug-likeness (QED) is 0.655. The highest BCUT2D eigenvalue weighted by Crippen LogP contribution is 2.02. The van der Waals surface area contributed by atoms with E-state index in [4.69, 9.17) is 11.2 Å². The molecule has 1 saturated heterocycles. The van der Waals surface area contributed by atoms with Gasteiger partial charge in [0.15, 0.2) is 0 Å². The maximum atomic E-state index is 5.61. The minimum Gasteiger partial charge on any atom is -0.374 e. The van der Waals surface area contributed by atoms with E-state index in [9.17, 15) is 0 Å². The molecule has 0 radical (unpaired) electrons. The van der Waals surface area contributed by atoms with Crippen molar-refractivity contribution in [3.8, 4) is 12.3 Å². The maximum Gasteiger partial charge on any atom is 0.0827 e. The lowest BCUT2D eigenvalue weighted by atomic mass is 10.2. The second-order valence-corrected chi connectivity index (χ2v) is 3.79. The van der Waals surface area contributed by atoms with E-state index in [0.717, 1.165) is 32.7 Å². The molecule has 0 saturated carbocycles. The second kappa shape index (κ2) is 6.02. The Morgan fingerprint density at radius 1 is 1.71 bits per heavy atom. The van der Waals surface area contributed by atoms with E-state index in [1.165, 1.54) is 0 Å². The zero-order valence-electron chi connectivity index (χ0n) is 9.12. The number of ether oxygens (including phenoxy) is 1. The lowest BCUT2D eigenvalue weighted by Crippen LogP contribution is -2.46. The Labute approximate surface area is 86.8 Å². The summed E-state index contributed by atoms with van der Waals surface area (Å²) in [5, 5.41) is 3.32. The molecule has 0 spiro atoms. The third kappa shape index (κ3) is 3.67. The van der Waals surface area contributed by atoms with Crippen molar-refractivity contribution in [1.82, 2.24) is 10.2 Å². The van der Waals surface area contributed by atoms with Gasteiger partial charge in [0.25, 0.3) is 0 Å². The number of nitrogens with zero attached hydrogens (tertiary/aromatic N) is 1. The van der Waals surface area contributed by atoms with Crippen LogP contribution < -0.4 is 5.32 Å². The molecule has 0 aliphatic carbocycles. The molecule has 1 aliphatic heterocycles. The Bertz CT molecular complexity index is 200. The van der Waals surface area contributed by atoms with Crippen molar-refractivity contribution in [3.05, 3.63) is 0 Å². The van der Waals surface area contributed by atoms with Crippen LogP contribution in [0.2, 0.25) is 0 Å². The Morgan fingerprint density at radius 2 is 2.50 bits per heavy atom. The fourth-order valence-corrected chi connectivity index (χ4v) is 1.59. The second-order valence-electron chi connectivity index (χ2n) is 3.79. The lowest BCUT2D eigenvalue weighted by molar-refractivity contribution is -0.0186. The van der Waals surface area contributed by atoms with Gasteiger partial charge in [0.1, 0.15) is 0 Å². The van der Waals surface area contributed by atoms with Gasteiger partial charge in [0.05, 0.1) is 18.8 Å². The average molecular weight is 196 g/mol. The first-order valence-corrected chi connectivity index (χ1v) is 5.26. The van der Waals surface area contributed by atoms with E-state index >= 15 is 0 Å². The van der Waals surface area contributed by atoms with Gasteiger partial charge in [0.2, 0.25) is 0 Å². The summed E-state index contributed by atoms with van der Waals surface area (Å²) in [4.78, 5) is 2.28. The van der Waals surface area contributed by atoms with Gasteiger partial charge in [-0.3, -0.25) is 0 Å². The van der Waals surface area contributed by atoms with Crippen LogP contribution in [0.15, 0.2) is 0 Å². The molecule has 1 N–H and O–H groups in total. The minimum atomic E-state index is 0.186. The molecular formula is C11H20N2O. The Hall–Kier alpha value is -0.560. The number of rotatable bonds is 4. The summed E-state index contributed by atoms with van der Waals surface area (Å²) in [6.45, 7) is 5.80. The monoisotopic (exact) mass is 196 g/mol. The molecule has 0 aromatic heterocycles. The highest BCUT2D eigenvalue weighted by atomic mass is 16.5. The standard InChI is InChI=1S/C11H20N2O/c1-4-10(5-2)12-8-11-9-13(3)6-7-14-11/h1,10-12H,5-9H2,2-3H3. The molecule has 1 aliphatic rings. The smallest absolute Gasteiger partial charge is 0.0827 e. The molecule has 1 rings (SSSR count). The fourth-order valence-electron chi connectivity index (χ4n) is 1.59. The van der Waals surface area contributed by atoms with Gasteiger partial charge < -0.3 is 15.0 Å². The van der Waals surface area contributed by atoms with E-state index in [1.54, 1.807) is 0 Å². The lowest BCUT2D eigenvalue weighted by Gasteiger charge is -2.30. The van der Waals surface area contributed by atoms with E-state index < -0.39 is 0 Å². The van der Waals surface area contributed by atoms with Crippen LogP contribution in [-0.4, -0.2) is 50.3 Å². The minimum absolute atomic E-state index is 0.186. The molecule has 2 unspecified atom stereocenters. The van der Waals surface area contributed by atoms with Crippen molar-refractivity contribution in [2.45, 2.75) is 25.5 Å². The summed E-state index contributed by atoms with van der Waals surface area (Å²) in [5.41, 5.74) is 0. The first-order valence-electron chi connectivity index (χ1n) is 5.26. The van der Waals surface area contributed by atoms with Gasteiger partial charge in [-0.05, 0) is 13.5 Å². The number of likely N-dealkylation sites (N-methyl/N-ethyl adjacent to an activating group) is 1. The SMILES string of the molecule is C#CC(CC)NCC1CN(C)CCO1. The van der Waals surface area contributed by atoms with Crippen molar-refractivity contribution in [2.24, 2.45) is 0 Å². The summed E-state index contributed by atoms with van der Waals surface area (Å²) in [6, 6.07) is 0.186. The molecular weight excluding hydrogens is 176 g/mol. The number of morpholine rings is 1. The predicted octanol–water partition coefficient (Wildman–Crippen LogP) is 0.318. The number of terminal acetylenes is 1. The summed E-state index contributed by atoms with van der Waals surface area (Å²) >= 11 is 0. The van der Waals surface area contributed by atoms with Gasteiger partial charge in [-0.2, -0.15) is 0 Å². The van der Waals surface area contributed by atoms with E-state index in [2.05, 4.69) is 30.1 Å². The molecule has 80 valence electrons. The van der Waals surface area contributed by atoms with Gasteiger partial charge in [-0.15, -0.1) is 6.42 Å². The Kier molecular flexibility index (Phi) is 4.95.